The van der Waals surface area contributed by atoms with Crippen molar-refractivity contribution in [2.45, 2.75) is 13.3 Å². The van der Waals surface area contributed by atoms with E-state index < -0.39 is 12.3 Å². The van der Waals surface area contributed by atoms with E-state index in [1.165, 1.54) is 23.5 Å². The van der Waals surface area contributed by atoms with Crippen LogP contribution in [-0.4, -0.2) is 26.9 Å². The normalized spacial score (nSPS) is 11.7. The predicted octanol–water partition coefficient (Wildman–Crippen LogP) is 2.70. The Labute approximate surface area is 133 Å². The number of hydrogen-bond donors (Lipinski definition) is 1. The molecular weight excluding hydrogens is 325 g/mol. The number of hydrogen-bond acceptors (Lipinski definition) is 4. The molecule has 0 saturated heterocycles. The second kappa shape index (κ2) is 5.52. The van der Waals surface area contributed by atoms with Crippen LogP contribution in [-0.2, 0) is 0 Å². The van der Waals surface area contributed by atoms with E-state index in [1.54, 1.807) is 24.4 Å². The number of halogens is 3. The smallest absolute Gasteiger partial charge is 0.406 e. The van der Waals surface area contributed by atoms with Crippen LogP contribution >= 0.6 is 0 Å². The number of nitrogens with two attached hydrogens (primary N) is 1. The zero-order valence-electron chi connectivity index (χ0n) is 12.3. The fourth-order valence-corrected chi connectivity index (χ4v) is 2.30. The number of fused-ring (bicyclic) bond motifs is 1. The van der Waals surface area contributed by atoms with Crippen LogP contribution in [0.4, 0.5) is 13.2 Å². The molecule has 0 aliphatic carbocycles. The maximum absolute atomic E-state index is 12.3. The van der Waals surface area contributed by atoms with E-state index in [1.807, 2.05) is 0 Å². The van der Waals surface area contributed by atoms with E-state index in [4.69, 9.17) is 5.73 Å². The van der Waals surface area contributed by atoms with Crippen LogP contribution in [0.5, 0.6) is 5.75 Å². The minimum atomic E-state index is -4.75. The van der Waals surface area contributed by atoms with Gasteiger partial charge in [-0.2, -0.15) is 0 Å². The number of pyridine rings is 1. The quantitative estimate of drug-likeness (QED) is 0.797. The third kappa shape index (κ3) is 3.00. The Bertz CT molecular complexity index is 934. The van der Waals surface area contributed by atoms with Gasteiger partial charge in [0.1, 0.15) is 5.75 Å². The van der Waals surface area contributed by atoms with Crippen LogP contribution in [0.3, 0.4) is 0 Å². The number of aromatic nitrogens is 3. The van der Waals surface area contributed by atoms with Crippen molar-refractivity contribution in [3.05, 3.63) is 47.9 Å². The maximum atomic E-state index is 12.3. The number of benzene rings is 1. The van der Waals surface area contributed by atoms with Crippen molar-refractivity contribution < 1.29 is 22.7 Å². The van der Waals surface area contributed by atoms with Crippen LogP contribution in [0.2, 0.25) is 0 Å². The highest BCUT2D eigenvalue weighted by atomic mass is 19.4. The maximum Gasteiger partial charge on any atom is 0.573 e. The first-order valence-electron chi connectivity index (χ1n) is 6.76. The topological polar surface area (TPSA) is 82.5 Å². The zero-order chi connectivity index (χ0) is 17.5. The second-order valence-corrected chi connectivity index (χ2v) is 5.06. The Morgan fingerprint density at radius 3 is 2.50 bits per heavy atom. The van der Waals surface area contributed by atoms with Gasteiger partial charge in [0.05, 0.1) is 0 Å². The fraction of sp³-hybridized carbons (Fsp3) is 0.133. The van der Waals surface area contributed by atoms with Gasteiger partial charge in [0, 0.05) is 6.20 Å². The molecule has 1 aromatic carbocycles. The van der Waals surface area contributed by atoms with E-state index in [0.29, 0.717) is 22.3 Å². The Morgan fingerprint density at radius 1 is 1.17 bits per heavy atom. The summed E-state index contributed by atoms with van der Waals surface area (Å²) in [6.45, 7) is 1.51. The molecule has 9 heteroatoms. The molecular formula is C15H11F3N4O2. The molecule has 24 heavy (non-hydrogen) atoms. The van der Waals surface area contributed by atoms with Crippen LogP contribution in [0.15, 0.2) is 36.5 Å². The van der Waals surface area contributed by atoms with Crippen molar-refractivity contribution in [3.63, 3.8) is 0 Å². The molecule has 0 fully saturated rings. The standard InChI is InChI=1S/C15H11F3N4O2/c1-8-6-9(2-4-11(8)24-15(16,17)18)10-3-5-12-20-21-14(13(19)23)22(12)7-10/h2-7H,1H3,(H2,19,23). The molecule has 2 aromatic heterocycles. The summed E-state index contributed by atoms with van der Waals surface area (Å²) < 4.78 is 42.3. The summed E-state index contributed by atoms with van der Waals surface area (Å²) in [5.74, 6) is -1.03. The number of nitrogens with zero attached hydrogens (tertiary/aromatic N) is 3. The number of primary amides is 1. The van der Waals surface area contributed by atoms with E-state index in [9.17, 15) is 18.0 Å². The number of carbonyl (C=O) groups is 1. The average molecular weight is 336 g/mol. The van der Waals surface area contributed by atoms with Gasteiger partial charge in [-0.25, -0.2) is 0 Å². The lowest BCUT2D eigenvalue weighted by atomic mass is 10.0. The van der Waals surface area contributed by atoms with Gasteiger partial charge >= 0.3 is 6.36 Å². The van der Waals surface area contributed by atoms with E-state index in [0.717, 1.165) is 0 Å². The van der Waals surface area contributed by atoms with E-state index >= 15 is 0 Å². The van der Waals surface area contributed by atoms with Gasteiger partial charge in [-0.15, -0.1) is 23.4 Å². The first-order valence-corrected chi connectivity index (χ1v) is 6.76. The lowest BCUT2D eigenvalue weighted by Crippen LogP contribution is -2.17. The second-order valence-electron chi connectivity index (χ2n) is 5.06. The van der Waals surface area contributed by atoms with Crippen molar-refractivity contribution in [2.24, 2.45) is 5.73 Å². The highest BCUT2D eigenvalue weighted by molar-refractivity contribution is 5.90. The summed E-state index contributed by atoms with van der Waals surface area (Å²) in [5, 5.41) is 7.51. The average Bonchev–Trinajstić information content (AvgIpc) is 2.91. The van der Waals surface area contributed by atoms with Crippen LogP contribution < -0.4 is 10.5 Å². The molecule has 0 atom stereocenters. The predicted molar refractivity (Wildman–Crippen MR) is 78.4 cm³/mol. The molecule has 0 aliphatic rings. The number of amides is 1. The van der Waals surface area contributed by atoms with Gasteiger partial charge in [-0.05, 0) is 47.9 Å². The SMILES string of the molecule is Cc1cc(-c2ccc3nnc(C(N)=O)n3c2)ccc1OC(F)(F)F. The monoisotopic (exact) mass is 336 g/mol. The summed E-state index contributed by atoms with van der Waals surface area (Å²) in [7, 11) is 0. The third-order valence-corrected chi connectivity index (χ3v) is 3.36. The third-order valence-electron chi connectivity index (χ3n) is 3.36. The molecule has 3 rings (SSSR count). The van der Waals surface area contributed by atoms with Crippen molar-refractivity contribution >= 4 is 11.6 Å². The molecule has 2 N–H and O–H groups in total. The first kappa shape index (κ1) is 15.8. The lowest BCUT2D eigenvalue weighted by molar-refractivity contribution is -0.274. The first-order chi connectivity index (χ1) is 11.2. The molecule has 0 radical (unpaired) electrons. The largest absolute Gasteiger partial charge is 0.573 e. The van der Waals surface area contributed by atoms with Crippen molar-refractivity contribution in [1.29, 1.82) is 0 Å². The van der Waals surface area contributed by atoms with Crippen LogP contribution in [0, 0.1) is 6.92 Å². The molecule has 0 spiro atoms. The lowest BCUT2D eigenvalue weighted by Gasteiger charge is -2.12. The number of carbonyl (C=O) groups excluding carboxylic acids is 1. The molecule has 0 aliphatic heterocycles. The van der Waals surface area contributed by atoms with Crippen molar-refractivity contribution in [3.8, 4) is 16.9 Å². The van der Waals surface area contributed by atoms with Gasteiger partial charge in [0.15, 0.2) is 5.65 Å². The number of aryl methyl sites for hydroxylation is 1. The highest BCUT2D eigenvalue weighted by Crippen LogP contribution is 2.30. The van der Waals surface area contributed by atoms with Crippen LogP contribution in [0.25, 0.3) is 16.8 Å². The molecule has 124 valence electrons. The van der Waals surface area contributed by atoms with Gasteiger partial charge in [-0.1, -0.05) is 6.07 Å². The van der Waals surface area contributed by atoms with Crippen molar-refractivity contribution in [1.82, 2.24) is 14.6 Å². The Hall–Kier alpha value is -3.10. The van der Waals surface area contributed by atoms with Crippen LogP contribution in [0.1, 0.15) is 16.2 Å². The Morgan fingerprint density at radius 2 is 1.88 bits per heavy atom. The van der Waals surface area contributed by atoms with E-state index in [-0.39, 0.29) is 11.6 Å². The molecule has 0 bridgehead atoms. The molecule has 6 nitrogen and oxygen atoms in total. The Balaban J connectivity index is 2.02. The van der Waals surface area contributed by atoms with Gasteiger partial charge in [0.2, 0.25) is 5.82 Å². The summed E-state index contributed by atoms with van der Waals surface area (Å²) in [6, 6.07) is 7.63. The molecule has 0 unspecified atom stereocenters. The molecule has 3 aromatic rings. The summed E-state index contributed by atoms with van der Waals surface area (Å²) >= 11 is 0. The van der Waals surface area contributed by atoms with Gasteiger partial charge in [0.25, 0.3) is 5.91 Å². The fourth-order valence-electron chi connectivity index (χ4n) is 2.30. The number of ether oxygens (including phenoxy) is 1. The summed E-state index contributed by atoms with van der Waals surface area (Å²) in [4.78, 5) is 11.3. The zero-order valence-corrected chi connectivity index (χ0v) is 12.3. The number of alkyl halides is 3. The van der Waals surface area contributed by atoms with Gasteiger partial charge < -0.3 is 10.5 Å². The molecule has 0 saturated carbocycles. The minimum Gasteiger partial charge on any atom is -0.406 e. The minimum absolute atomic E-state index is 0.0272. The van der Waals surface area contributed by atoms with E-state index in [2.05, 4.69) is 14.9 Å². The summed E-state index contributed by atoms with van der Waals surface area (Å²) in [5.41, 5.74) is 7.29. The number of rotatable bonds is 3. The van der Waals surface area contributed by atoms with Gasteiger partial charge in [-0.3, -0.25) is 9.20 Å². The van der Waals surface area contributed by atoms with Crippen molar-refractivity contribution in [2.75, 3.05) is 0 Å². The molecule has 1 amide bonds. The Kier molecular flexibility index (Phi) is 3.63. The molecule has 2 heterocycles. The highest BCUT2D eigenvalue weighted by Gasteiger charge is 2.31. The summed E-state index contributed by atoms with van der Waals surface area (Å²) in [6.07, 6.45) is -3.15.